The van der Waals surface area contributed by atoms with Crippen LogP contribution in [0.15, 0.2) is 42.5 Å². The lowest BCUT2D eigenvalue weighted by atomic mass is 9.76. The van der Waals surface area contributed by atoms with Gasteiger partial charge in [0.25, 0.3) is 0 Å². The molecule has 0 spiro atoms. The van der Waals surface area contributed by atoms with Crippen LogP contribution >= 0.6 is 0 Å². The third-order valence-corrected chi connectivity index (χ3v) is 3.74. The average molecular weight is 256 g/mol. The van der Waals surface area contributed by atoms with E-state index >= 15 is 0 Å². The number of hydrogen-bond acceptors (Lipinski definition) is 3. The van der Waals surface area contributed by atoms with Crippen molar-refractivity contribution in [2.45, 2.75) is 18.8 Å². The van der Waals surface area contributed by atoms with E-state index in [0.717, 1.165) is 23.3 Å². The highest BCUT2D eigenvalue weighted by molar-refractivity contribution is 5.44. The van der Waals surface area contributed by atoms with Crippen LogP contribution in [-0.4, -0.2) is 16.8 Å². The Morgan fingerprint density at radius 1 is 1.00 bits per heavy atom. The zero-order valence-corrected chi connectivity index (χ0v) is 10.8. The van der Waals surface area contributed by atoms with Crippen molar-refractivity contribution in [2.75, 3.05) is 6.61 Å². The fraction of sp³-hybridized carbons (Fsp3) is 0.250. The van der Waals surface area contributed by atoms with Crippen LogP contribution in [0.25, 0.3) is 0 Å². The highest BCUT2D eigenvalue weighted by atomic mass is 16.5. The molecule has 2 aromatic carbocycles. The van der Waals surface area contributed by atoms with Gasteiger partial charge >= 0.3 is 0 Å². The van der Waals surface area contributed by atoms with Crippen molar-refractivity contribution in [3.63, 3.8) is 0 Å². The molecule has 0 aliphatic carbocycles. The van der Waals surface area contributed by atoms with Crippen molar-refractivity contribution in [1.82, 2.24) is 0 Å². The maximum atomic E-state index is 9.46. The van der Waals surface area contributed by atoms with Crippen molar-refractivity contribution in [2.24, 2.45) is 0 Å². The summed E-state index contributed by atoms with van der Waals surface area (Å²) in [4.78, 5) is 0. The van der Waals surface area contributed by atoms with E-state index in [-0.39, 0.29) is 16.9 Å². The Labute approximate surface area is 112 Å². The molecule has 3 nitrogen and oxygen atoms in total. The van der Waals surface area contributed by atoms with Crippen molar-refractivity contribution < 1.29 is 14.9 Å². The number of hydrogen-bond donors (Lipinski definition) is 2. The molecule has 3 rings (SSSR count). The largest absolute Gasteiger partial charge is 0.508 e. The van der Waals surface area contributed by atoms with E-state index in [1.54, 1.807) is 24.3 Å². The predicted octanol–water partition coefficient (Wildman–Crippen LogP) is 2.99. The Morgan fingerprint density at radius 3 is 2.42 bits per heavy atom. The van der Waals surface area contributed by atoms with Gasteiger partial charge in [-0.05, 0) is 35.7 Å². The number of aromatic hydroxyl groups is 2. The van der Waals surface area contributed by atoms with E-state index in [0.29, 0.717) is 6.61 Å². The van der Waals surface area contributed by atoms with E-state index in [1.807, 2.05) is 18.2 Å². The van der Waals surface area contributed by atoms with Crippen molar-refractivity contribution >= 4 is 0 Å². The minimum absolute atomic E-state index is 0.113. The van der Waals surface area contributed by atoms with E-state index < -0.39 is 0 Å². The highest BCUT2D eigenvalue weighted by Gasteiger charge is 2.33. The van der Waals surface area contributed by atoms with Gasteiger partial charge in [-0.2, -0.15) is 0 Å². The molecule has 3 heteroatoms. The first kappa shape index (κ1) is 11.9. The quantitative estimate of drug-likeness (QED) is 0.824. The van der Waals surface area contributed by atoms with Gasteiger partial charge in [0.2, 0.25) is 0 Å². The van der Waals surface area contributed by atoms with Gasteiger partial charge in [0.1, 0.15) is 17.2 Å². The second-order valence-electron chi connectivity index (χ2n) is 5.37. The highest BCUT2D eigenvalue weighted by Crippen LogP contribution is 2.38. The molecule has 2 aromatic rings. The fourth-order valence-corrected chi connectivity index (χ4v) is 2.58. The molecule has 0 radical (unpaired) electrons. The lowest BCUT2D eigenvalue weighted by molar-refractivity contribution is 0.200. The summed E-state index contributed by atoms with van der Waals surface area (Å²) >= 11 is 0. The lowest BCUT2D eigenvalue weighted by Crippen LogP contribution is -2.36. The normalized spacial score (nSPS) is 21.5. The maximum absolute atomic E-state index is 9.46. The Hall–Kier alpha value is -2.16. The van der Waals surface area contributed by atoms with Crippen LogP contribution in [-0.2, 0) is 11.8 Å². The first-order valence-corrected chi connectivity index (χ1v) is 6.31. The van der Waals surface area contributed by atoms with Gasteiger partial charge in [0.15, 0.2) is 0 Å². The van der Waals surface area contributed by atoms with E-state index in [2.05, 4.69) is 6.92 Å². The second-order valence-corrected chi connectivity index (χ2v) is 5.37. The minimum Gasteiger partial charge on any atom is -0.508 e. The van der Waals surface area contributed by atoms with Crippen LogP contribution in [0.1, 0.15) is 18.1 Å². The molecule has 1 aliphatic rings. The number of phenols is 2. The molecule has 0 fully saturated rings. The van der Waals surface area contributed by atoms with Gasteiger partial charge < -0.3 is 14.9 Å². The van der Waals surface area contributed by atoms with Gasteiger partial charge in [-0.1, -0.05) is 25.1 Å². The van der Waals surface area contributed by atoms with Crippen LogP contribution in [0.5, 0.6) is 17.2 Å². The van der Waals surface area contributed by atoms with Crippen LogP contribution in [0.3, 0.4) is 0 Å². The summed E-state index contributed by atoms with van der Waals surface area (Å²) in [7, 11) is 0. The molecule has 0 saturated heterocycles. The SMILES string of the molecule is CC1(c2ccc(O)cc2)COc2cc(O)ccc2C1. The van der Waals surface area contributed by atoms with Crippen LogP contribution < -0.4 is 4.74 Å². The zero-order chi connectivity index (χ0) is 13.5. The summed E-state index contributed by atoms with van der Waals surface area (Å²) < 4.78 is 5.78. The summed E-state index contributed by atoms with van der Waals surface area (Å²) in [5.41, 5.74) is 2.13. The number of ether oxygens (including phenoxy) is 1. The van der Waals surface area contributed by atoms with Crippen molar-refractivity contribution in [3.05, 3.63) is 53.6 Å². The number of rotatable bonds is 1. The molecule has 1 heterocycles. The van der Waals surface area contributed by atoms with Crippen LogP contribution in [0.2, 0.25) is 0 Å². The Balaban J connectivity index is 1.95. The molecular weight excluding hydrogens is 240 g/mol. The molecule has 0 amide bonds. The predicted molar refractivity (Wildman–Crippen MR) is 72.8 cm³/mol. The Bertz CT molecular complexity index is 604. The average Bonchev–Trinajstić information content (AvgIpc) is 2.40. The molecule has 1 atom stereocenters. The zero-order valence-electron chi connectivity index (χ0n) is 10.8. The molecule has 1 aliphatic heterocycles. The second kappa shape index (κ2) is 4.19. The fourth-order valence-electron chi connectivity index (χ4n) is 2.58. The number of benzene rings is 2. The van der Waals surface area contributed by atoms with E-state index in [1.165, 1.54) is 0 Å². The third kappa shape index (κ3) is 2.12. The molecular formula is C16H16O3. The summed E-state index contributed by atoms with van der Waals surface area (Å²) in [5.74, 6) is 1.26. The van der Waals surface area contributed by atoms with Gasteiger partial charge in [-0.3, -0.25) is 0 Å². The lowest BCUT2D eigenvalue weighted by Gasteiger charge is -2.35. The van der Waals surface area contributed by atoms with E-state index in [4.69, 9.17) is 4.74 Å². The molecule has 1 unspecified atom stereocenters. The van der Waals surface area contributed by atoms with Gasteiger partial charge in [-0.15, -0.1) is 0 Å². The third-order valence-electron chi connectivity index (χ3n) is 3.74. The first-order valence-electron chi connectivity index (χ1n) is 6.31. The van der Waals surface area contributed by atoms with Gasteiger partial charge in [0, 0.05) is 11.5 Å². The Morgan fingerprint density at radius 2 is 1.68 bits per heavy atom. The first-order chi connectivity index (χ1) is 9.07. The maximum Gasteiger partial charge on any atom is 0.126 e. The molecule has 98 valence electrons. The number of fused-ring (bicyclic) bond motifs is 1. The standard InChI is InChI=1S/C16H16O3/c1-16(12-3-6-13(17)7-4-12)9-11-2-5-14(18)8-15(11)19-10-16/h2-8,17-18H,9-10H2,1H3. The summed E-state index contributed by atoms with van der Waals surface area (Å²) in [6.45, 7) is 2.71. The minimum atomic E-state index is -0.113. The van der Waals surface area contributed by atoms with Crippen molar-refractivity contribution in [1.29, 1.82) is 0 Å². The molecule has 2 N–H and O–H groups in total. The molecule has 19 heavy (non-hydrogen) atoms. The van der Waals surface area contributed by atoms with Gasteiger partial charge in [0.05, 0.1) is 6.61 Å². The number of phenolic OH excluding ortho intramolecular Hbond substituents is 2. The van der Waals surface area contributed by atoms with Gasteiger partial charge in [-0.25, -0.2) is 0 Å². The van der Waals surface area contributed by atoms with Crippen molar-refractivity contribution in [3.8, 4) is 17.2 Å². The molecule has 0 saturated carbocycles. The topological polar surface area (TPSA) is 49.7 Å². The van der Waals surface area contributed by atoms with Crippen LogP contribution in [0.4, 0.5) is 0 Å². The van der Waals surface area contributed by atoms with Crippen LogP contribution in [0, 0.1) is 0 Å². The monoisotopic (exact) mass is 256 g/mol. The Kier molecular flexibility index (Phi) is 2.63. The smallest absolute Gasteiger partial charge is 0.126 e. The molecule has 0 bridgehead atoms. The summed E-state index contributed by atoms with van der Waals surface area (Å²) in [5, 5.41) is 18.8. The molecule has 0 aromatic heterocycles. The van der Waals surface area contributed by atoms with E-state index in [9.17, 15) is 10.2 Å². The summed E-state index contributed by atoms with van der Waals surface area (Å²) in [6, 6.07) is 12.5. The summed E-state index contributed by atoms with van der Waals surface area (Å²) in [6.07, 6.45) is 0.855.